The first-order valence-corrected chi connectivity index (χ1v) is 28.2. The Morgan fingerprint density at radius 1 is 0.547 bits per heavy atom. The van der Waals surface area contributed by atoms with Gasteiger partial charge >= 0.3 is 7.82 Å². The summed E-state index contributed by atoms with van der Waals surface area (Å²) in [7, 11) is 1.54. The molecule has 0 aliphatic rings. The Balaban J connectivity index is 4.34. The van der Waals surface area contributed by atoms with Crippen LogP contribution in [0.15, 0.2) is 60.8 Å². The van der Waals surface area contributed by atoms with Gasteiger partial charge < -0.3 is 19.8 Å². The Labute approximate surface area is 396 Å². The van der Waals surface area contributed by atoms with Crippen molar-refractivity contribution < 1.29 is 32.9 Å². The third-order valence-corrected chi connectivity index (χ3v) is 12.7. The molecule has 0 rings (SSSR count). The lowest BCUT2D eigenvalue weighted by molar-refractivity contribution is -0.870. The van der Waals surface area contributed by atoms with E-state index in [-0.39, 0.29) is 19.1 Å². The molecule has 0 spiro atoms. The van der Waals surface area contributed by atoms with Crippen molar-refractivity contribution in [3.05, 3.63) is 60.8 Å². The molecule has 8 nitrogen and oxygen atoms in total. The molecule has 0 saturated carbocycles. The first-order valence-electron chi connectivity index (χ1n) is 26.7. The molecule has 9 heteroatoms. The van der Waals surface area contributed by atoms with Crippen LogP contribution in [0, 0.1) is 0 Å². The van der Waals surface area contributed by atoms with E-state index in [1.54, 1.807) is 6.08 Å². The molecule has 0 radical (unpaired) electrons. The van der Waals surface area contributed by atoms with Crippen molar-refractivity contribution in [1.29, 1.82) is 0 Å². The molecule has 3 atom stereocenters. The highest BCUT2D eigenvalue weighted by atomic mass is 31.2. The minimum absolute atomic E-state index is 0.0523. The summed E-state index contributed by atoms with van der Waals surface area (Å²) in [5.41, 5.74) is 0. The molecule has 1 amide bonds. The minimum atomic E-state index is -4.36. The number of nitrogens with zero attached hydrogens (tertiary/aromatic N) is 1. The number of quaternary nitrogens is 1. The molecule has 374 valence electrons. The fourth-order valence-corrected chi connectivity index (χ4v) is 8.26. The molecular weight excluding hydrogens is 816 g/mol. The maximum absolute atomic E-state index is 12.9. The van der Waals surface area contributed by atoms with Gasteiger partial charge in [0.2, 0.25) is 5.91 Å². The largest absolute Gasteiger partial charge is 0.472 e. The number of nitrogens with one attached hydrogen (secondary N) is 1. The minimum Gasteiger partial charge on any atom is -0.387 e. The number of unbranched alkanes of at least 4 members (excludes halogenated alkanes) is 27. The second kappa shape index (κ2) is 46.3. The smallest absolute Gasteiger partial charge is 0.387 e. The number of aliphatic hydroxyl groups is 1. The van der Waals surface area contributed by atoms with E-state index in [0.717, 1.165) is 57.8 Å². The van der Waals surface area contributed by atoms with Gasteiger partial charge in [-0.05, 0) is 70.6 Å². The molecule has 0 heterocycles. The predicted molar refractivity (Wildman–Crippen MR) is 277 cm³/mol. The van der Waals surface area contributed by atoms with Crippen molar-refractivity contribution >= 4 is 13.7 Å². The molecule has 3 N–H and O–H groups in total. The van der Waals surface area contributed by atoms with Crippen LogP contribution >= 0.6 is 7.82 Å². The van der Waals surface area contributed by atoms with E-state index >= 15 is 0 Å². The zero-order valence-corrected chi connectivity index (χ0v) is 43.4. The number of amides is 1. The second-order valence-electron chi connectivity index (χ2n) is 19.2. The zero-order valence-electron chi connectivity index (χ0n) is 42.5. The van der Waals surface area contributed by atoms with Crippen LogP contribution in [0.3, 0.4) is 0 Å². The van der Waals surface area contributed by atoms with Gasteiger partial charge in [0, 0.05) is 6.42 Å². The SMILES string of the molecule is CC/C=C\C/C=C\CCCCCCCCCCCCCCCCC(=O)NC(COP(=O)(O)OCC[N+](C)(C)C)C(O)/C=C/CC/C=C/CC/C=C/CCCCCCCCCCCCC. The van der Waals surface area contributed by atoms with E-state index in [1.807, 2.05) is 27.2 Å². The molecule has 64 heavy (non-hydrogen) atoms. The Hall–Kier alpha value is -1.80. The van der Waals surface area contributed by atoms with Crippen LogP contribution in [0.5, 0.6) is 0 Å². The first kappa shape index (κ1) is 62.2. The summed E-state index contributed by atoms with van der Waals surface area (Å²) in [6.45, 7) is 4.70. The Kier molecular flexibility index (Phi) is 45.0. The van der Waals surface area contributed by atoms with Crippen molar-refractivity contribution in [2.45, 2.75) is 244 Å². The van der Waals surface area contributed by atoms with Gasteiger partial charge in [-0.2, -0.15) is 0 Å². The number of phosphoric ester groups is 1. The molecule has 0 bridgehead atoms. The lowest BCUT2D eigenvalue weighted by Gasteiger charge is -2.25. The Morgan fingerprint density at radius 3 is 1.42 bits per heavy atom. The third-order valence-electron chi connectivity index (χ3n) is 11.7. The lowest BCUT2D eigenvalue weighted by Crippen LogP contribution is -2.45. The van der Waals surface area contributed by atoms with Crippen molar-refractivity contribution in [2.75, 3.05) is 40.9 Å². The molecule has 0 aromatic rings. The number of phosphoric acid groups is 1. The van der Waals surface area contributed by atoms with Crippen LogP contribution < -0.4 is 5.32 Å². The molecular formula is C55H104N2O6P+. The number of carbonyl (C=O) groups is 1. The van der Waals surface area contributed by atoms with Gasteiger partial charge in [-0.1, -0.05) is 216 Å². The quantitative estimate of drug-likeness (QED) is 0.0243. The van der Waals surface area contributed by atoms with Crippen molar-refractivity contribution in [3.8, 4) is 0 Å². The standard InChI is InChI=1S/C55H103N2O6P/c1-6-8-10-12-14-16-18-20-22-24-26-28-30-32-34-36-38-40-42-44-46-48-54(58)53(52-63-64(60,61)62-51-50-57(3,4)5)56-55(59)49-47-45-43-41-39-37-35-33-31-29-27-25-23-21-19-17-15-13-11-9-7-2/h9,11,15,17,30,32,38,40,46,48,53-54,58H,6-8,10,12-14,16,18-29,31,33-37,39,41-45,47,49-52H2,1-5H3,(H-,56,59,60,61)/p+1/b11-9-,17-15-,32-30+,40-38+,48-46+. The summed E-state index contributed by atoms with van der Waals surface area (Å²) in [6.07, 6.45) is 61.7. The number of hydrogen-bond donors (Lipinski definition) is 3. The van der Waals surface area contributed by atoms with E-state index in [9.17, 15) is 19.4 Å². The van der Waals surface area contributed by atoms with Crippen LogP contribution in [0.1, 0.15) is 232 Å². The van der Waals surface area contributed by atoms with Crippen LogP contribution in [-0.2, 0) is 18.4 Å². The van der Waals surface area contributed by atoms with Crippen LogP contribution in [0.25, 0.3) is 0 Å². The molecule has 0 aliphatic carbocycles. The molecule has 0 aliphatic heterocycles. The fourth-order valence-electron chi connectivity index (χ4n) is 7.52. The van der Waals surface area contributed by atoms with Crippen LogP contribution in [0.4, 0.5) is 0 Å². The lowest BCUT2D eigenvalue weighted by atomic mass is 10.0. The van der Waals surface area contributed by atoms with Crippen molar-refractivity contribution in [3.63, 3.8) is 0 Å². The summed E-state index contributed by atoms with van der Waals surface area (Å²) in [5, 5.41) is 13.9. The summed E-state index contributed by atoms with van der Waals surface area (Å²) >= 11 is 0. The summed E-state index contributed by atoms with van der Waals surface area (Å²) in [6, 6.07) is -0.871. The van der Waals surface area contributed by atoms with E-state index in [0.29, 0.717) is 17.4 Å². The van der Waals surface area contributed by atoms with E-state index < -0.39 is 20.0 Å². The van der Waals surface area contributed by atoms with Gasteiger partial charge in [0.05, 0.1) is 39.9 Å². The third kappa shape index (κ3) is 48.1. The van der Waals surface area contributed by atoms with E-state index in [2.05, 4.69) is 67.8 Å². The highest BCUT2D eigenvalue weighted by Gasteiger charge is 2.27. The number of hydrogen-bond acceptors (Lipinski definition) is 5. The monoisotopic (exact) mass is 920 g/mol. The van der Waals surface area contributed by atoms with Crippen LogP contribution in [0.2, 0.25) is 0 Å². The van der Waals surface area contributed by atoms with Gasteiger partial charge in [0.15, 0.2) is 0 Å². The van der Waals surface area contributed by atoms with Gasteiger partial charge in [0.25, 0.3) is 0 Å². The number of allylic oxidation sites excluding steroid dienone is 9. The maximum Gasteiger partial charge on any atom is 0.472 e. The van der Waals surface area contributed by atoms with E-state index in [1.165, 1.54) is 154 Å². The molecule has 0 fully saturated rings. The number of carbonyl (C=O) groups excluding carboxylic acids is 1. The summed E-state index contributed by atoms with van der Waals surface area (Å²) in [4.78, 5) is 23.2. The topological polar surface area (TPSA) is 105 Å². The average Bonchev–Trinajstić information content (AvgIpc) is 3.25. The van der Waals surface area contributed by atoms with Gasteiger partial charge in [0.1, 0.15) is 13.2 Å². The fraction of sp³-hybridized carbons (Fsp3) is 0.800. The van der Waals surface area contributed by atoms with Gasteiger partial charge in [-0.15, -0.1) is 0 Å². The molecule has 0 aromatic carbocycles. The maximum atomic E-state index is 12.9. The van der Waals surface area contributed by atoms with E-state index in [4.69, 9.17) is 9.05 Å². The highest BCUT2D eigenvalue weighted by Crippen LogP contribution is 2.43. The molecule has 0 saturated heterocycles. The molecule has 3 unspecified atom stereocenters. The zero-order chi connectivity index (χ0) is 47.1. The average molecular weight is 920 g/mol. The predicted octanol–water partition coefficient (Wildman–Crippen LogP) is 15.8. The first-order chi connectivity index (χ1) is 31.0. The van der Waals surface area contributed by atoms with Crippen molar-refractivity contribution in [1.82, 2.24) is 5.32 Å². The van der Waals surface area contributed by atoms with Gasteiger partial charge in [-0.3, -0.25) is 13.8 Å². The number of likely N-dealkylation sites (N-methyl/N-ethyl adjacent to an activating group) is 1. The second-order valence-corrected chi connectivity index (χ2v) is 20.7. The molecule has 0 aromatic heterocycles. The number of aliphatic hydroxyl groups excluding tert-OH is 1. The normalized spacial score (nSPS) is 14.5. The Bertz CT molecular complexity index is 1230. The highest BCUT2D eigenvalue weighted by molar-refractivity contribution is 7.47. The Morgan fingerprint density at radius 2 is 0.953 bits per heavy atom. The van der Waals surface area contributed by atoms with Crippen LogP contribution in [-0.4, -0.2) is 73.4 Å². The summed E-state index contributed by atoms with van der Waals surface area (Å²) in [5.74, 6) is -0.192. The summed E-state index contributed by atoms with van der Waals surface area (Å²) < 4.78 is 23.6. The number of rotatable bonds is 48. The van der Waals surface area contributed by atoms with Crippen molar-refractivity contribution in [2.24, 2.45) is 0 Å². The van der Waals surface area contributed by atoms with Gasteiger partial charge in [-0.25, -0.2) is 4.57 Å².